The van der Waals surface area contributed by atoms with E-state index < -0.39 is 0 Å². The number of benzene rings is 2. The summed E-state index contributed by atoms with van der Waals surface area (Å²) >= 11 is 0. The third-order valence-corrected chi connectivity index (χ3v) is 3.52. The van der Waals surface area contributed by atoms with E-state index in [1.807, 2.05) is 12.1 Å². The molecule has 3 rings (SSSR count). The molecule has 0 saturated carbocycles. The number of halogens is 1. The van der Waals surface area contributed by atoms with Gasteiger partial charge in [-0.1, -0.05) is 6.07 Å². The molecule has 0 atom stereocenters. The van der Waals surface area contributed by atoms with E-state index in [-0.39, 0.29) is 5.82 Å². The second-order valence-electron chi connectivity index (χ2n) is 4.84. The summed E-state index contributed by atoms with van der Waals surface area (Å²) in [4.78, 5) is 0. The van der Waals surface area contributed by atoms with Crippen LogP contribution < -0.4 is 10.1 Å². The largest absolute Gasteiger partial charge is 0.496 e. The highest BCUT2D eigenvalue weighted by molar-refractivity contribution is 5.86. The number of methoxy groups -OCH3 is 1. The van der Waals surface area contributed by atoms with Crippen molar-refractivity contribution in [3.8, 4) is 5.75 Å². The second-order valence-corrected chi connectivity index (χ2v) is 4.84. The second kappa shape index (κ2) is 5.87. The lowest BCUT2D eigenvalue weighted by molar-refractivity contribution is 0.420. The van der Waals surface area contributed by atoms with E-state index in [1.165, 1.54) is 12.1 Å². The van der Waals surface area contributed by atoms with E-state index in [2.05, 4.69) is 28.2 Å². The van der Waals surface area contributed by atoms with Crippen molar-refractivity contribution >= 4 is 16.6 Å². The Morgan fingerprint density at radius 2 is 1.90 bits per heavy atom. The molecule has 0 unspecified atom stereocenters. The van der Waals surface area contributed by atoms with Gasteiger partial charge in [0.25, 0.3) is 0 Å². The first-order valence-electron chi connectivity index (χ1n) is 6.89. The number of hydrogen-bond donors (Lipinski definition) is 1. The molecule has 0 fully saturated rings. The van der Waals surface area contributed by atoms with E-state index in [4.69, 9.17) is 4.74 Å². The minimum Gasteiger partial charge on any atom is -0.496 e. The van der Waals surface area contributed by atoms with E-state index >= 15 is 0 Å². The van der Waals surface area contributed by atoms with Crippen molar-refractivity contribution < 1.29 is 9.13 Å². The van der Waals surface area contributed by atoms with Crippen molar-refractivity contribution in [3.63, 3.8) is 0 Å². The molecule has 3 aromatic rings. The van der Waals surface area contributed by atoms with E-state index in [0.717, 1.165) is 35.4 Å². The topological polar surface area (TPSA) is 26.2 Å². The number of ether oxygens (including phenoxy) is 1. The number of hydrogen-bond acceptors (Lipinski definition) is 2. The van der Waals surface area contributed by atoms with Crippen LogP contribution in [0.5, 0.6) is 5.75 Å². The minimum absolute atomic E-state index is 0.218. The summed E-state index contributed by atoms with van der Waals surface area (Å²) in [6.45, 7) is 1.60. The maximum absolute atomic E-state index is 12.8. The highest BCUT2D eigenvalue weighted by Crippen LogP contribution is 2.26. The molecule has 1 aromatic heterocycles. The first-order valence-corrected chi connectivity index (χ1v) is 6.89. The van der Waals surface area contributed by atoms with Gasteiger partial charge in [0.1, 0.15) is 11.6 Å². The van der Waals surface area contributed by atoms with Gasteiger partial charge in [-0.3, -0.25) is 0 Å². The molecule has 0 bridgehead atoms. The van der Waals surface area contributed by atoms with Crippen LogP contribution in [0.25, 0.3) is 10.9 Å². The Morgan fingerprint density at radius 1 is 1.10 bits per heavy atom. The summed E-state index contributed by atoms with van der Waals surface area (Å²) in [5, 5.41) is 4.40. The molecule has 1 heterocycles. The lowest BCUT2D eigenvalue weighted by Gasteiger charge is -2.09. The highest BCUT2D eigenvalue weighted by atomic mass is 19.1. The van der Waals surface area contributed by atoms with Crippen molar-refractivity contribution in [1.29, 1.82) is 0 Å². The van der Waals surface area contributed by atoms with Gasteiger partial charge in [-0.15, -0.1) is 0 Å². The predicted molar refractivity (Wildman–Crippen MR) is 83.4 cm³/mol. The zero-order chi connectivity index (χ0) is 14.7. The summed E-state index contributed by atoms with van der Waals surface area (Å²) in [5.74, 6) is 0.668. The van der Waals surface area contributed by atoms with Crippen molar-refractivity contribution in [3.05, 3.63) is 60.5 Å². The smallest absolute Gasteiger partial charge is 0.128 e. The molecule has 0 radical (unpaired) electrons. The van der Waals surface area contributed by atoms with Gasteiger partial charge < -0.3 is 14.6 Å². The average molecular weight is 284 g/mol. The molecule has 21 heavy (non-hydrogen) atoms. The lowest BCUT2D eigenvalue weighted by atomic mass is 10.2. The molecule has 0 aliphatic rings. The summed E-state index contributed by atoms with van der Waals surface area (Å²) in [5.41, 5.74) is 2.07. The van der Waals surface area contributed by atoms with Crippen LogP contribution in [0, 0.1) is 5.82 Å². The lowest BCUT2D eigenvalue weighted by Crippen LogP contribution is -2.09. The normalized spacial score (nSPS) is 10.8. The van der Waals surface area contributed by atoms with Crippen LogP contribution >= 0.6 is 0 Å². The molecular formula is C17H17FN2O. The predicted octanol–water partition coefficient (Wildman–Crippen LogP) is 3.90. The monoisotopic (exact) mass is 284 g/mol. The molecule has 0 aliphatic carbocycles. The fraction of sp³-hybridized carbons (Fsp3) is 0.176. The van der Waals surface area contributed by atoms with Gasteiger partial charge >= 0.3 is 0 Å². The minimum atomic E-state index is -0.218. The number of aromatic nitrogens is 1. The fourth-order valence-corrected chi connectivity index (χ4v) is 2.46. The van der Waals surface area contributed by atoms with Crippen LogP contribution in [0.3, 0.4) is 0 Å². The molecule has 108 valence electrons. The van der Waals surface area contributed by atoms with Crippen LogP contribution in [0.4, 0.5) is 10.1 Å². The highest BCUT2D eigenvalue weighted by Gasteiger charge is 2.05. The fourth-order valence-electron chi connectivity index (χ4n) is 2.46. The Labute approximate surface area is 123 Å². The van der Waals surface area contributed by atoms with E-state index in [9.17, 15) is 4.39 Å². The van der Waals surface area contributed by atoms with Crippen molar-refractivity contribution in [1.82, 2.24) is 4.57 Å². The Morgan fingerprint density at radius 3 is 2.67 bits per heavy atom. The van der Waals surface area contributed by atoms with E-state index in [1.54, 1.807) is 19.2 Å². The quantitative estimate of drug-likeness (QED) is 0.769. The van der Waals surface area contributed by atoms with Crippen LogP contribution in [0.15, 0.2) is 54.7 Å². The molecule has 0 spiro atoms. The molecule has 0 aliphatic heterocycles. The first kappa shape index (κ1) is 13.5. The molecular weight excluding hydrogens is 267 g/mol. The van der Waals surface area contributed by atoms with E-state index in [0.29, 0.717) is 0 Å². The van der Waals surface area contributed by atoms with Crippen LogP contribution in [0.2, 0.25) is 0 Å². The number of nitrogens with zero attached hydrogens (tertiary/aromatic N) is 1. The van der Waals surface area contributed by atoms with Gasteiger partial charge in [0.15, 0.2) is 0 Å². The van der Waals surface area contributed by atoms with Gasteiger partial charge in [0.05, 0.1) is 12.6 Å². The standard InChI is InChI=1S/C17H17FN2O/c1-21-17-4-2-3-16-15(17)9-11-20(16)12-10-19-14-7-5-13(18)6-8-14/h2-9,11,19H,10,12H2,1H3. The summed E-state index contributed by atoms with van der Waals surface area (Å²) in [6.07, 6.45) is 2.06. The van der Waals surface area contributed by atoms with Crippen LogP contribution in [0.1, 0.15) is 0 Å². The maximum atomic E-state index is 12.8. The Kier molecular flexibility index (Phi) is 3.77. The third-order valence-electron chi connectivity index (χ3n) is 3.52. The maximum Gasteiger partial charge on any atom is 0.128 e. The molecule has 1 N–H and O–H groups in total. The Hall–Kier alpha value is -2.49. The van der Waals surface area contributed by atoms with Gasteiger partial charge in [0, 0.05) is 30.4 Å². The third kappa shape index (κ3) is 2.84. The van der Waals surface area contributed by atoms with Gasteiger partial charge in [-0.2, -0.15) is 0 Å². The van der Waals surface area contributed by atoms with Crippen molar-refractivity contribution in [2.24, 2.45) is 0 Å². The molecule has 2 aromatic carbocycles. The molecule has 0 saturated heterocycles. The molecule has 0 amide bonds. The van der Waals surface area contributed by atoms with Crippen molar-refractivity contribution in [2.45, 2.75) is 6.54 Å². The summed E-state index contributed by atoms with van der Waals surface area (Å²) in [6, 6.07) is 14.5. The zero-order valence-electron chi connectivity index (χ0n) is 11.8. The van der Waals surface area contributed by atoms with Crippen LogP contribution in [-0.2, 0) is 6.54 Å². The Balaban J connectivity index is 1.69. The first-order chi connectivity index (χ1) is 10.3. The van der Waals surface area contributed by atoms with Crippen molar-refractivity contribution in [2.75, 3.05) is 19.0 Å². The summed E-state index contributed by atoms with van der Waals surface area (Å²) in [7, 11) is 1.68. The number of nitrogens with one attached hydrogen (secondary N) is 1. The van der Waals surface area contributed by atoms with Gasteiger partial charge in [-0.05, 0) is 42.5 Å². The summed E-state index contributed by atoms with van der Waals surface area (Å²) < 4.78 is 20.4. The molecule has 3 nitrogen and oxygen atoms in total. The van der Waals surface area contributed by atoms with Crippen LogP contribution in [-0.4, -0.2) is 18.2 Å². The van der Waals surface area contributed by atoms with Gasteiger partial charge in [0.2, 0.25) is 0 Å². The van der Waals surface area contributed by atoms with Gasteiger partial charge in [-0.25, -0.2) is 4.39 Å². The zero-order valence-corrected chi connectivity index (χ0v) is 11.8. The number of anilines is 1. The molecule has 4 heteroatoms. The Bertz CT molecular complexity index is 734. The SMILES string of the molecule is COc1cccc2c1ccn2CCNc1ccc(F)cc1. The average Bonchev–Trinajstić information content (AvgIpc) is 2.92. The number of rotatable bonds is 5. The number of fused-ring (bicyclic) bond motifs is 1.